The summed E-state index contributed by atoms with van der Waals surface area (Å²) in [7, 11) is 0. The molecule has 0 aliphatic carbocycles. The van der Waals surface area contributed by atoms with Crippen LogP contribution in [0, 0.1) is 0 Å². The molecule has 2 N–H and O–H groups in total. The number of aliphatic hydroxyl groups is 1. The number of carboxylic acids is 1. The van der Waals surface area contributed by atoms with Crippen LogP contribution in [0.3, 0.4) is 0 Å². The summed E-state index contributed by atoms with van der Waals surface area (Å²) in [6.07, 6.45) is 4.82. The minimum absolute atomic E-state index is 0.193. The Hall–Kier alpha value is -1.43. The van der Waals surface area contributed by atoms with E-state index in [0.29, 0.717) is 19.4 Å². The quantitative estimate of drug-likeness (QED) is 0.682. The number of nitrogens with zero attached hydrogens (tertiary/aromatic N) is 3. The number of aryl methyl sites for hydroxylation is 1. The Morgan fingerprint density at radius 3 is 2.83 bits per heavy atom. The van der Waals surface area contributed by atoms with Crippen LogP contribution in [0.2, 0.25) is 0 Å². The number of hydrogen-bond acceptors (Lipinski definition) is 4. The number of hydrogen-bond donors (Lipinski definition) is 2. The van der Waals surface area contributed by atoms with Crippen LogP contribution < -0.4 is 0 Å². The van der Waals surface area contributed by atoms with Gasteiger partial charge in [0.1, 0.15) is 0 Å². The molecule has 1 rings (SSSR count). The number of carboxylic acid groups (broad SMARTS) is 1. The molecular formula is C12H21N3O3. The highest BCUT2D eigenvalue weighted by Crippen LogP contribution is 2.11. The summed E-state index contributed by atoms with van der Waals surface area (Å²) in [5.74, 6) is -0.766. The molecule has 6 nitrogen and oxygen atoms in total. The van der Waals surface area contributed by atoms with Crippen LogP contribution in [0.25, 0.3) is 0 Å². The van der Waals surface area contributed by atoms with Crippen LogP contribution in [-0.4, -0.2) is 36.8 Å². The predicted molar refractivity (Wildman–Crippen MR) is 66.1 cm³/mol. The third-order valence-electron chi connectivity index (χ3n) is 2.92. The van der Waals surface area contributed by atoms with Gasteiger partial charge in [0.05, 0.1) is 17.8 Å². The number of rotatable bonds is 8. The summed E-state index contributed by atoms with van der Waals surface area (Å²) in [5, 5.41) is 26.4. The van der Waals surface area contributed by atoms with Gasteiger partial charge in [0.15, 0.2) is 0 Å². The van der Waals surface area contributed by atoms with Crippen LogP contribution in [-0.2, 0) is 17.8 Å². The summed E-state index contributed by atoms with van der Waals surface area (Å²) in [4.78, 5) is 10.3. The van der Waals surface area contributed by atoms with E-state index in [0.717, 1.165) is 18.5 Å². The lowest BCUT2D eigenvalue weighted by Crippen LogP contribution is -2.29. The first kappa shape index (κ1) is 14.6. The molecule has 0 amide bonds. The fraction of sp³-hybridized carbons (Fsp3) is 0.750. The van der Waals surface area contributed by atoms with Crippen LogP contribution >= 0.6 is 0 Å². The molecule has 18 heavy (non-hydrogen) atoms. The number of unbranched alkanes of at least 4 members (excludes halogenated alkanes) is 1. The molecule has 0 saturated heterocycles. The Kier molecular flexibility index (Phi) is 5.27. The van der Waals surface area contributed by atoms with Gasteiger partial charge >= 0.3 is 5.97 Å². The van der Waals surface area contributed by atoms with E-state index in [-0.39, 0.29) is 6.42 Å². The standard InChI is InChI=1S/C12H21N3O3/c1-3-12(2,18)9-15-8-10(13-14-15)6-4-5-7-11(16)17/h8,18H,3-7,9H2,1-2H3,(H,16,17). The Morgan fingerprint density at radius 2 is 2.22 bits per heavy atom. The van der Waals surface area contributed by atoms with Gasteiger partial charge in [-0.3, -0.25) is 4.79 Å². The average molecular weight is 255 g/mol. The molecule has 0 radical (unpaired) electrons. The van der Waals surface area contributed by atoms with E-state index in [4.69, 9.17) is 5.11 Å². The average Bonchev–Trinajstić information content (AvgIpc) is 2.71. The Balaban J connectivity index is 2.37. The summed E-state index contributed by atoms with van der Waals surface area (Å²) >= 11 is 0. The minimum atomic E-state index is -0.770. The molecule has 0 spiro atoms. The van der Waals surface area contributed by atoms with Gasteiger partial charge < -0.3 is 10.2 Å². The maximum Gasteiger partial charge on any atom is 0.303 e. The largest absolute Gasteiger partial charge is 0.481 e. The van der Waals surface area contributed by atoms with E-state index in [9.17, 15) is 9.90 Å². The lowest BCUT2D eigenvalue weighted by Gasteiger charge is -2.20. The zero-order valence-corrected chi connectivity index (χ0v) is 11.0. The summed E-state index contributed by atoms with van der Waals surface area (Å²) in [6.45, 7) is 4.11. The third-order valence-corrected chi connectivity index (χ3v) is 2.92. The van der Waals surface area contributed by atoms with Crippen molar-refractivity contribution >= 4 is 5.97 Å². The van der Waals surface area contributed by atoms with Crippen LogP contribution in [0.1, 0.15) is 45.2 Å². The highest BCUT2D eigenvalue weighted by molar-refractivity contribution is 5.66. The molecule has 1 aromatic heterocycles. The van der Waals surface area contributed by atoms with Crippen LogP contribution in [0.5, 0.6) is 0 Å². The Morgan fingerprint density at radius 1 is 1.50 bits per heavy atom. The van der Waals surface area contributed by atoms with Crippen LogP contribution in [0.4, 0.5) is 0 Å². The fourth-order valence-electron chi connectivity index (χ4n) is 1.57. The van der Waals surface area contributed by atoms with Gasteiger partial charge in [0, 0.05) is 12.6 Å². The van der Waals surface area contributed by atoms with E-state index in [2.05, 4.69) is 10.3 Å². The van der Waals surface area contributed by atoms with Crippen molar-refractivity contribution < 1.29 is 15.0 Å². The molecule has 0 bridgehead atoms. The second kappa shape index (κ2) is 6.49. The van der Waals surface area contributed by atoms with Gasteiger partial charge in [-0.25, -0.2) is 4.68 Å². The third kappa shape index (κ3) is 5.27. The predicted octanol–water partition coefficient (Wildman–Crippen LogP) is 1.24. The first-order valence-corrected chi connectivity index (χ1v) is 6.26. The summed E-state index contributed by atoms with van der Waals surface area (Å²) < 4.78 is 1.63. The molecule has 0 fully saturated rings. The van der Waals surface area contributed by atoms with Crippen molar-refractivity contribution in [1.29, 1.82) is 0 Å². The van der Waals surface area contributed by atoms with Gasteiger partial charge in [0.25, 0.3) is 0 Å². The maximum atomic E-state index is 10.3. The van der Waals surface area contributed by atoms with Crippen molar-refractivity contribution in [3.05, 3.63) is 11.9 Å². The molecule has 1 heterocycles. The zero-order valence-electron chi connectivity index (χ0n) is 11.0. The van der Waals surface area contributed by atoms with Crippen molar-refractivity contribution in [2.75, 3.05) is 0 Å². The van der Waals surface area contributed by atoms with E-state index >= 15 is 0 Å². The molecular weight excluding hydrogens is 234 g/mol. The van der Waals surface area contributed by atoms with Gasteiger partial charge in [-0.2, -0.15) is 0 Å². The second-order valence-electron chi connectivity index (χ2n) is 4.86. The van der Waals surface area contributed by atoms with Gasteiger partial charge in [-0.15, -0.1) is 5.10 Å². The summed E-state index contributed by atoms with van der Waals surface area (Å²) in [6, 6.07) is 0. The lowest BCUT2D eigenvalue weighted by molar-refractivity contribution is -0.137. The summed E-state index contributed by atoms with van der Waals surface area (Å²) in [5.41, 5.74) is 0.0705. The van der Waals surface area contributed by atoms with E-state index in [1.54, 1.807) is 11.6 Å². The molecule has 0 aliphatic heterocycles. The van der Waals surface area contributed by atoms with Gasteiger partial charge in [0.2, 0.25) is 0 Å². The molecule has 102 valence electrons. The van der Waals surface area contributed by atoms with Crippen molar-refractivity contribution in [3.8, 4) is 0 Å². The van der Waals surface area contributed by atoms with E-state index < -0.39 is 11.6 Å². The molecule has 1 atom stereocenters. The Labute approximate surface area is 107 Å². The highest BCUT2D eigenvalue weighted by Gasteiger charge is 2.19. The highest BCUT2D eigenvalue weighted by atomic mass is 16.4. The maximum absolute atomic E-state index is 10.3. The topological polar surface area (TPSA) is 88.2 Å². The molecule has 6 heteroatoms. The van der Waals surface area contributed by atoms with Crippen molar-refractivity contribution in [2.24, 2.45) is 0 Å². The smallest absolute Gasteiger partial charge is 0.303 e. The molecule has 0 aromatic carbocycles. The Bertz CT molecular complexity index is 388. The van der Waals surface area contributed by atoms with E-state index in [1.807, 2.05) is 13.1 Å². The number of aromatic nitrogens is 3. The monoisotopic (exact) mass is 255 g/mol. The second-order valence-corrected chi connectivity index (χ2v) is 4.86. The number of carbonyl (C=O) groups is 1. The minimum Gasteiger partial charge on any atom is -0.481 e. The fourth-order valence-corrected chi connectivity index (χ4v) is 1.57. The van der Waals surface area contributed by atoms with Gasteiger partial charge in [-0.05, 0) is 32.6 Å². The van der Waals surface area contributed by atoms with Crippen molar-refractivity contribution in [1.82, 2.24) is 15.0 Å². The lowest BCUT2D eigenvalue weighted by atomic mass is 10.0. The molecule has 1 unspecified atom stereocenters. The van der Waals surface area contributed by atoms with Crippen molar-refractivity contribution in [2.45, 2.75) is 58.1 Å². The molecule has 1 aromatic rings. The first-order valence-electron chi connectivity index (χ1n) is 6.26. The first-order chi connectivity index (χ1) is 8.43. The van der Waals surface area contributed by atoms with E-state index in [1.165, 1.54) is 0 Å². The molecule has 0 aliphatic rings. The van der Waals surface area contributed by atoms with Gasteiger partial charge in [-0.1, -0.05) is 12.1 Å². The van der Waals surface area contributed by atoms with Crippen LogP contribution in [0.15, 0.2) is 6.20 Å². The normalized spacial score (nSPS) is 14.4. The van der Waals surface area contributed by atoms with Crippen molar-refractivity contribution in [3.63, 3.8) is 0 Å². The zero-order chi connectivity index (χ0) is 13.6. The molecule has 0 saturated carbocycles. The SMILES string of the molecule is CCC(C)(O)Cn1cc(CCCCC(=O)O)nn1. The number of aliphatic carboxylic acids is 1.